The number of esters is 2. The van der Waals surface area contributed by atoms with Gasteiger partial charge in [-0.05, 0) is 19.4 Å². The van der Waals surface area contributed by atoms with E-state index >= 15 is 0 Å². The zero-order valence-corrected chi connectivity index (χ0v) is 13.1. The van der Waals surface area contributed by atoms with E-state index in [0.717, 1.165) is 0 Å². The number of carbonyl (C=O) groups is 2. The Labute approximate surface area is 133 Å². The molecule has 0 heterocycles. The number of carbonyl (C=O) groups excluding carboxylic acids is 2. The second-order valence-electron chi connectivity index (χ2n) is 4.29. The van der Waals surface area contributed by atoms with Crippen LogP contribution in [0.5, 0.6) is 0 Å². The van der Waals surface area contributed by atoms with E-state index in [-0.39, 0.29) is 18.4 Å². The number of ether oxygens (including phenoxy) is 2. The summed E-state index contributed by atoms with van der Waals surface area (Å²) in [5.74, 6) is -3.88. The maximum absolute atomic E-state index is 12.2. The van der Waals surface area contributed by atoms with Crippen LogP contribution >= 0.6 is 11.6 Å². The second-order valence-corrected chi connectivity index (χ2v) is 4.68. The predicted molar refractivity (Wildman–Crippen MR) is 81.0 cm³/mol. The molecule has 1 rings (SSSR count). The van der Waals surface area contributed by atoms with Gasteiger partial charge in [-0.15, -0.1) is 0 Å². The minimum absolute atomic E-state index is 0.101. The van der Waals surface area contributed by atoms with Gasteiger partial charge >= 0.3 is 11.9 Å². The first kappa shape index (κ1) is 18.0. The second kappa shape index (κ2) is 9.04. The van der Waals surface area contributed by atoms with Crippen molar-refractivity contribution in [1.29, 1.82) is 0 Å². The van der Waals surface area contributed by atoms with Gasteiger partial charge in [0.05, 0.1) is 19.1 Å². The van der Waals surface area contributed by atoms with Gasteiger partial charge in [0, 0.05) is 0 Å². The monoisotopic (exact) mass is 327 g/mol. The van der Waals surface area contributed by atoms with E-state index < -0.39 is 23.8 Å². The normalized spacial score (nSPS) is 12.8. The van der Waals surface area contributed by atoms with Crippen LogP contribution in [0.25, 0.3) is 0 Å². The van der Waals surface area contributed by atoms with Gasteiger partial charge in [0.15, 0.2) is 11.1 Å². The van der Waals surface area contributed by atoms with Crippen molar-refractivity contribution in [2.45, 2.75) is 19.8 Å². The van der Waals surface area contributed by atoms with Crippen molar-refractivity contribution in [2.75, 3.05) is 13.2 Å². The number of hydrogen-bond donors (Lipinski definition) is 1. The van der Waals surface area contributed by atoms with Crippen LogP contribution in [-0.4, -0.2) is 35.5 Å². The third-order valence-corrected chi connectivity index (χ3v) is 3.24. The average molecular weight is 328 g/mol. The summed E-state index contributed by atoms with van der Waals surface area (Å²) in [7, 11) is 0. The van der Waals surface area contributed by atoms with E-state index in [4.69, 9.17) is 26.3 Å². The summed E-state index contributed by atoms with van der Waals surface area (Å²) in [6, 6.07) is 8.55. The molecule has 0 saturated heterocycles. The molecule has 22 heavy (non-hydrogen) atoms. The molecule has 0 aliphatic carbocycles. The van der Waals surface area contributed by atoms with Gasteiger partial charge in [0.1, 0.15) is 0 Å². The molecule has 120 valence electrons. The first-order valence-electron chi connectivity index (χ1n) is 6.82. The van der Waals surface area contributed by atoms with Crippen LogP contribution in [0.1, 0.15) is 25.3 Å². The molecule has 0 aromatic heterocycles. The highest BCUT2D eigenvalue weighted by Gasteiger charge is 2.41. The van der Waals surface area contributed by atoms with E-state index in [0.29, 0.717) is 5.56 Å². The molecule has 0 radical (unpaired) electrons. The van der Waals surface area contributed by atoms with Gasteiger partial charge in [-0.2, -0.15) is 0 Å². The Balaban J connectivity index is 3.30. The Morgan fingerprint density at radius 3 is 2.05 bits per heavy atom. The van der Waals surface area contributed by atoms with E-state index in [9.17, 15) is 9.59 Å². The first-order valence-corrected chi connectivity index (χ1v) is 7.20. The molecule has 0 amide bonds. The fourth-order valence-corrected chi connectivity index (χ4v) is 2.27. The van der Waals surface area contributed by atoms with Gasteiger partial charge < -0.3 is 14.7 Å². The Kier molecular flexibility index (Phi) is 7.39. The topological polar surface area (TPSA) is 85.2 Å². The maximum Gasteiger partial charge on any atom is 0.321 e. The Morgan fingerprint density at radius 1 is 1.14 bits per heavy atom. The van der Waals surface area contributed by atoms with Crippen molar-refractivity contribution in [2.24, 2.45) is 11.1 Å². The third-order valence-electron chi connectivity index (χ3n) is 2.93. The number of rotatable bonds is 7. The van der Waals surface area contributed by atoms with E-state index in [1.807, 2.05) is 0 Å². The van der Waals surface area contributed by atoms with Crippen LogP contribution in [0.15, 0.2) is 35.5 Å². The Hall–Kier alpha value is -2.08. The number of oxime groups is 1. The molecule has 1 atom stereocenters. The summed E-state index contributed by atoms with van der Waals surface area (Å²) in [4.78, 5) is 24.4. The number of nitrogens with zero attached hydrogens (tertiary/aromatic N) is 1. The summed E-state index contributed by atoms with van der Waals surface area (Å²) in [6.45, 7) is 3.45. The number of hydrogen-bond acceptors (Lipinski definition) is 6. The van der Waals surface area contributed by atoms with Crippen LogP contribution in [0.3, 0.4) is 0 Å². The maximum atomic E-state index is 12.2. The summed E-state index contributed by atoms with van der Waals surface area (Å²) in [6.07, 6.45) is 0. The zero-order valence-electron chi connectivity index (χ0n) is 12.4. The fraction of sp³-hybridized carbons (Fsp3) is 0.400. The van der Waals surface area contributed by atoms with Crippen LogP contribution in [0, 0.1) is 5.92 Å². The summed E-state index contributed by atoms with van der Waals surface area (Å²) in [5, 5.41) is 11.6. The van der Waals surface area contributed by atoms with Crippen molar-refractivity contribution in [3.63, 3.8) is 0 Å². The lowest BCUT2D eigenvalue weighted by molar-refractivity contribution is -0.161. The molecule has 1 N–H and O–H groups in total. The quantitative estimate of drug-likeness (QED) is 0.273. The highest BCUT2D eigenvalue weighted by atomic mass is 35.5. The van der Waals surface area contributed by atoms with Crippen LogP contribution in [0.4, 0.5) is 0 Å². The van der Waals surface area contributed by atoms with Gasteiger partial charge in [0.25, 0.3) is 0 Å². The SMILES string of the molecule is CCOC(=O)C(C(=O)OCC)C(/C(Cl)=N/O)c1ccccc1. The Morgan fingerprint density at radius 2 is 1.64 bits per heavy atom. The van der Waals surface area contributed by atoms with Crippen molar-refractivity contribution in [3.8, 4) is 0 Å². The minimum Gasteiger partial charge on any atom is -0.465 e. The molecule has 0 spiro atoms. The highest BCUT2D eigenvalue weighted by molar-refractivity contribution is 6.66. The molecule has 0 fully saturated rings. The van der Waals surface area contributed by atoms with Crippen molar-refractivity contribution < 1.29 is 24.3 Å². The molecular weight excluding hydrogens is 310 g/mol. The lowest BCUT2D eigenvalue weighted by Crippen LogP contribution is -2.36. The molecule has 0 aliphatic rings. The lowest BCUT2D eigenvalue weighted by Gasteiger charge is -2.22. The predicted octanol–water partition coefficient (Wildman–Crippen LogP) is 2.54. The van der Waals surface area contributed by atoms with Gasteiger partial charge in [0.2, 0.25) is 0 Å². The van der Waals surface area contributed by atoms with Crippen molar-refractivity contribution >= 4 is 28.7 Å². The molecule has 1 aromatic rings. The van der Waals surface area contributed by atoms with E-state index in [2.05, 4.69) is 5.16 Å². The van der Waals surface area contributed by atoms with E-state index in [1.54, 1.807) is 44.2 Å². The molecule has 6 nitrogen and oxygen atoms in total. The first-order chi connectivity index (χ1) is 10.6. The molecule has 0 aliphatic heterocycles. The fourth-order valence-electron chi connectivity index (χ4n) is 2.02. The van der Waals surface area contributed by atoms with E-state index in [1.165, 1.54) is 0 Å². The molecule has 1 unspecified atom stereocenters. The molecule has 0 saturated carbocycles. The molecule has 7 heteroatoms. The van der Waals surface area contributed by atoms with Crippen molar-refractivity contribution in [3.05, 3.63) is 35.9 Å². The number of halogens is 1. The Bertz CT molecular complexity index is 514. The largest absolute Gasteiger partial charge is 0.465 e. The third kappa shape index (κ3) is 4.46. The minimum atomic E-state index is -1.34. The number of benzene rings is 1. The van der Waals surface area contributed by atoms with Gasteiger partial charge in [-0.3, -0.25) is 9.59 Å². The summed E-state index contributed by atoms with van der Waals surface area (Å²) in [5.41, 5.74) is 0.538. The highest BCUT2D eigenvalue weighted by Crippen LogP contribution is 2.30. The standard InChI is InChI=1S/C15H18ClNO5/c1-3-21-14(18)12(15(19)22-4-2)11(13(16)17-20)10-8-6-5-7-9-10/h5-9,11-12,20H,3-4H2,1-2H3/b17-13-. The van der Waals surface area contributed by atoms with Crippen LogP contribution < -0.4 is 0 Å². The summed E-state index contributed by atoms with van der Waals surface area (Å²) < 4.78 is 9.87. The summed E-state index contributed by atoms with van der Waals surface area (Å²) >= 11 is 5.93. The van der Waals surface area contributed by atoms with Crippen LogP contribution in [-0.2, 0) is 19.1 Å². The molecular formula is C15H18ClNO5. The average Bonchev–Trinajstić information content (AvgIpc) is 2.52. The zero-order chi connectivity index (χ0) is 16.5. The van der Waals surface area contributed by atoms with Crippen LogP contribution in [0.2, 0.25) is 0 Å². The van der Waals surface area contributed by atoms with Gasteiger partial charge in [-0.25, -0.2) is 0 Å². The molecule has 0 bridgehead atoms. The molecule has 1 aromatic carbocycles. The van der Waals surface area contributed by atoms with Gasteiger partial charge in [-0.1, -0.05) is 47.1 Å². The lowest BCUT2D eigenvalue weighted by atomic mass is 9.86. The van der Waals surface area contributed by atoms with Crippen molar-refractivity contribution in [1.82, 2.24) is 0 Å². The smallest absolute Gasteiger partial charge is 0.321 e.